The van der Waals surface area contributed by atoms with E-state index in [9.17, 15) is 0 Å². The molecule has 1 N–H and O–H groups in total. The fourth-order valence-electron chi connectivity index (χ4n) is 2.32. The van der Waals surface area contributed by atoms with Crippen molar-refractivity contribution in [1.29, 1.82) is 0 Å². The van der Waals surface area contributed by atoms with Gasteiger partial charge < -0.3 is 10.1 Å². The number of hydrogen-bond donors (Lipinski definition) is 1. The van der Waals surface area contributed by atoms with Gasteiger partial charge in [-0.15, -0.1) is 0 Å². The number of nitrogens with zero attached hydrogens (tertiary/aromatic N) is 1. The van der Waals surface area contributed by atoms with Crippen LogP contribution < -0.4 is 10.1 Å². The van der Waals surface area contributed by atoms with Gasteiger partial charge in [-0.2, -0.15) is 0 Å². The van der Waals surface area contributed by atoms with Crippen LogP contribution in [0.5, 0.6) is 11.5 Å². The number of aromatic nitrogens is 1. The molecule has 3 nitrogen and oxygen atoms in total. The van der Waals surface area contributed by atoms with E-state index in [2.05, 4.69) is 43.2 Å². The quantitative estimate of drug-likeness (QED) is 0.891. The van der Waals surface area contributed by atoms with Crippen LogP contribution >= 0.6 is 0 Å². The average molecular weight is 270 g/mol. The maximum Gasteiger partial charge on any atom is 0.146 e. The summed E-state index contributed by atoms with van der Waals surface area (Å²) in [5.41, 5.74) is 3.73. The summed E-state index contributed by atoms with van der Waals surface area (Å²) in [7, 11) is 1.92. The van der Waals surface area contributed by atoms with Crippen molar-refractivity contribution in [2.45, 2.75) is 33.2 Å². The Bertz CT molecular complexity index is 579. The molecule has 0 fully saturated rings. The molecule has 106 valence electrons. The lowest BCUT2D eigenvalue weighted by Crippen LogP contribution is -2.05. The molecule has 0 amide bonds. The molecule has 0 radical (unpaired) electrons. The second-order valence-corrected chi connectivity index (χ2v) is 5.33. The third kappa shape index (κ3) is 3.58. The Hall–Kier alpha value is -1.87. The van der Waals surface area contributed by atoms with Gasteiger partial charge in [-0.1, -0.05) is 19.9 Å². The molecule has 3 heteroatoms. The van der Waals surface area contributed by atoms with E-state index in [4.69, 9.17) is 4.74 Å². The molecule has 2 aromatic rings. The lowest BCUT2D eigenvalue weighted by atomic mass is 9.98. The van der Waals surface area contributed by atoms with Crippen LogP contribution in [0, 0.1) is 6.92 Å². The first-order valence-electron chi connectivity index (χ1n) is 6.97. The molecule has 2 rings (SSSR count). The molecule has 1 heterocycles. The van der Waals surface area contributed by atoms with Gasteiger partial charge in [-0.3, -0.25) is 4.98 Å². The summed E-state index contributed by atoms with van der Waals surface area (Å²) in [5, 5.41) is 3.11. The van der Waals surface area contributed by atoms with E-state index in [0.29, 0.717) is 5.92 Å². The van der Waals surface area contributed by atoms with Gasteiger partial charge in [0, 0.05) is 12.7 Å². The van der Waals surface area contributed by atoms with Crippen molar-refractivity contribution in [3.63, 3.8) is 0 Å². The van der Waals surface area contributed by atoms with E-state index in [1.54, 1.807) is 6.20 Å². The third-order valence-corrected chi connectivity index (χ3v) is 3.25. The first-order chi connectivity index (χ1) is 9.60. The van der Waals surface area contributed by atoms with Crippen LogP contribution in [0.15, 0.2) is 36.7 Å². The maximum atomic E-state index is 5.89. The second kappa shape index (κ2) is 6.53. The summed E-state index contributed by atoms with van der Waals surface area (Å²) in [5.74, 6) is 2.16. The average Bonchev–Trinajstić information content (AvgIpc) is 2.39. The summed E-state index contributed by atoms with van der Waals surface area (Å²) < 4.78 is 5.89. The smallest absolute Gasteiger partial charge is 0.146 e. The van der Waals surface area contributed by atoms with Crippen molar-refractivity contribution in [2.75, 3.05) is 7.05 Å². The molecule has 0 unspecified atom stereocenters. The van der Waals surface area contributed by atoms with Crippen molar-refractivity contribution >= 4 is 0 Å². The zero-order chi connectivity index (χ0) is 14.5. The van der Waals surface area contributed by atoms with Crippen LogP contribution in [0.3, 0.4) is 0 Å². The van der Waals surface area contributed by atoms with E-state index in [-0.39, 0.29) is 0 Å². The molecular weight excluding hydrogens is 248 g/mol. The van der Waals surface area contributed by atoms with E-state index in [0.717, 1.165) is 23.6 Å². The van der Waals surface area contributed by atoms with Crippen molar-refractivity contribution in [1.82, 2.24) is 10.3 Å². The minimum atomic E-state index is 0.532. The highest BCUT2D eigenvalue weighted by atomic mass is 16.5. The number of nitrogens with one attached hydrogen (secondary N) is 1. The molecule has 0 aliphatic rings. The number of pyridine rings is 1. The first kappa shape index (κ1) is 14.5. The predicted molar refractivity (Wildman–Crippen MR) is 82.3 cm³/mol. The Labute approximate surface area is 121 Å². The fourth-order valence-corrected chi connectivity index (χ4v) is 2.32. The summed E-state index contributed by atoms with van der Waals surface area (Å²) in [6.45, 7) is 7.31. The highest BCUT2D eigenvalue weighted by Crippen LogP contribution is 2.27. The van der Waals surface area contributed by atoms with Gasteiger partial charge in [0.2, 0.25) is 0 Å². The number of aryl methyl sites for hydroxylation is 1. The molecule has 0 aliphatic heterocycles. The molecule has 1 aromatic carbocycles. The van der Waals surface area contributed by atoms with Crippen molar-refractivity contribution in [2.24, 2.45) is 0 Å². The van der Waals surface area contributed by atoms with E-state index < -0.39 is 0 Å². The topological polar surface area (TPSA) is 34.2 Å². The predicted octanol–water partition coefficient (Wildman–Crippen LogP) is 4.03. The summed E-state index contributed by atoms with van der Waals surface area (Å²) in [6, 6.07) is 8.25. The van der Waals surface area contributed by atoms with Crippen LogP contribution in [0.1, 0.15) is 36.5 Å². The minimum absolute atomic E-state index is 0.532. The third-order valence-electron chi connectivity index (χ3n) is 3.25. The van der Waals surface area contributed by atoms with E-state index in [1.165, 1.54) is 11.1 Å². The zero-order valence-electron chi connectivity index (χ0n) is 12.6. The van der Waals surface area contributed by atoms with Gasteiger partial charge in [0.05, 0.1) is 6.20 Å². The SMILES string of the molecule is CNCc1cncc(Oc2ccc(C(C)C)c(C)c2)c1. The molecular formula is C17H22N2O. The molecule has 0 atom stereocenters. The van der Waals surface area contributed by atoms with E-state index in [1.807, 2.05) is 25.4 Å². The number of ether oxygens (including phenoxy) is 1. The van der Waals surface area contributed by atoms with Gasteiger partial charge in [0.25, 0.3) is 0 Å². The largest absolute Gasteiger partial charge is 0.456 e. The standard InChI is InChI=1S/C17H22N2O/c1-12(2)17-6-5-15(7-13(17)3)20-16-8-14(9-18-4)10-19-11-16/h5-8,10-12,18H,9H2,1-4H3. The van der Waals surface area contributed by atoms with Gasteiger partial charge >= 0.3 is 0 Å². The Morgan fingerprint density at radius 3 is 2.60 bits per heavy atom. The van der Waals surface area contributed by atoms with Crippen molar-refractivity contribution in [3.05, 3.63) is 53.3 Å². The summed E-state index contributed by atoms with van der Waals surface area (Å²) in [6.07, 6.45) is 3.58. The maximum absolute atomic E-state index is 5.89. The van der Waals surface area contributed by atoms with Crippen LogP contribution in [-0.2, 0) is 6.54 Å². The van der Waals surface area contributed by atoms with Crippen molar-refractivity contribution in [3.8, 4) is 11.5 Å². The molecule has 0 spiro atoms. The Kier molecular flexibility index (Phi) is 4.74. The monoisotopic (exact) mass is 270 g/mol. The van der Waals surface area contributed by atoms with Gasteiger partial charge in [-0.05, 0) is 54.8 Å². The Balaban J connectivity index is 2.17. The van der Waals surface area contributed by atoms with Crippen LogP contribution in [0.2, 0.25) is 0 Å². The highest BCUT2D eigenvalue weighted by molar-refractivity contribution is 5.39. The van der Waals surface area contributed by atoms with Gasteiger partial charge in [0.1, 0.15) is 11.5 Å². The molecule has 0 saturated carbocycles. The van der Waals surface area contributed by atoms with Gasteiger partial charge in [-0.25, -0.2) is 0 Å². The molecule has 0 saturated heterocycles. The van der Waals surface area contributed by atoms with Crippen LogP contribution in [0.4, 0.5) is 0 Å². The first-order valence-corrected chi connectivity index (χ1v) is 6.97. The normalized spacial score (nSPS) is 10.8. The Morgan fingerprint density at radius 2 is 1.95 bits per heavy atom. The summed E-state index contributed by atoms with van der Waals surface area (Å²) in [4.78, 5) is 4.20. The van der Waals surface area contributed by atoms with Crippen molar-refractivity contribution < 1.29 is 4.74 Å². The lowest BCUT2D eigenvalue weighted by Gasteiger charge is -2.12. The van der Waals surface area contributed by atoms with Crippen LogP contribution in [0.25, 0.3) is 0 Å². The van der Waals surface area contributed by atoms with Gasteiger partial charge in [0.15, 0.2) is 0 Å². The molecule has 20 heavy (non-hydrogen) atoms. The number of rotatable bonds is 5. The lowest BCUT2D eigenvalue weighted by molar-refractivity contribution is 0.478. The highest BCUT2D eigenvalue weighted by Gasteiger charge is 2.06. The zero-order valence-corrected chi connectivity index (χ0v) is 12.6. The van der Waals surface area contributed by atoms with Crippen LogP contribution in [-0.4, -0.2) is 12.0 Å². The molecule has 1 aromatic heterocycles. The molecule has 0 aliphatic carbocycles. The van der Waals surface area contributed by atoms with E-state index >= 15 is 0 Å². The number of benzene rings is 1. The number of hydrogen-bond acceptors (Lipinski definition) is 3. The molecule has 0 bridgehead atoms. The Morgan fingerprint density at radius 1 is 1.15 bits per heavy atom. The minimum Gasteiger partial charge on any atom is -0.456 e. The summed E-state index contributed by atoms with van der Waals surface area (Å²) >= 11 is 0. The second-order valence-electron chi connectivity index (χ2n) is 5.33. The fraction of sp³-hybridized carbons (Fsp3) is 0.353.